The van der Waals surface area contributed by atoms with Crippen molar-refractivity contribution in [1.82, 2.24) is 29.7 Å². The van der Waals surface area contributed by atoms with Gasteiger partial charge < -0.3 is 16.8 Å². The van der Waals surface area contributed by atoms with Crippen molar-refractivity contribution in [3.8, 4) is 5.82 Å². The molecule has 32 heavy (non-hydrogen) atoms. The molecule has 0 radical (unpaired) electrons. The molecule has 0 aliphatic carbocycles. The van der Waals surface area contributed by atoms with Crippen LogP contribution in [0.4, 0.5) is 30.8 Å². The predicted molar refractivity (Wildman–Crippen MR) is 112 cm³/mol. The van der Waals surface area contributed by atoms with Crippen LogP contribution in [0.5, 0.6) is 0 Å². The summed E-state index contributed by atoms with van der Waals surface area (Å²) in [5.41, 5.74) is 9.40. The van der Waals surface area contributed by atoms with Crippen molar-refractivity contribution in [2.45, 2.75) is 19.1 Å². The molecule has 0 fully saturated rings. The second kappa shape index (κ2) is 7.67. The fourth-order valence-corrected chi connectivity index (χ4v) is 3.50. The van der Waals surface area contributed by atoms with Gasteiger partial charge in [-0.25, -0.2) is 9.55 Å². The summed E-state index contributed by atoms with van der Waals surface area (Å²) in [7, 11) is 0. The molecule has 0 aliphatic rings. The molecule has 3 heterocycles. The zero-order valence-electron chi connectivity index (χ0n) is 16.3. The second-order valence-corrected chi connectivity index (χ2v) is 7.15. The van der Waals surface area contributed by atoms with Crippen LogP contribution in [-0.2, 0) is 6.18 Å². The normalized spacial score (nSPS) is 12.8. The number of fused-ring (bicyclic) bond motifs is 1. The van der Waals surface area contributed by atoms with Crippen LogP contribution in [0.2, 0.25) is 5.02 Å². The number of benzene rings is 1. The summed E-state index contributed by atoms with van der Waals surface area (Å²) in [6, 6.07) is 5.24. The van der Waals surface area contributed by atoms with Gasteiger partial charge in [-0.1, -0.05) is 17.7 Å². The number of aromatic nitrogens is 6. The van der Waals surface area contributed by atoms with Crippen LogP contribution in [0.1, 0.15) is 24.4 Å². The largest absolute Gasteiger partial charge is 0.423 e. The minimum Gasteiger partial charge on any atom is -0.383 e. The van der Waals surface area contributed by atoms with Gasteiger partial charge in [-0.3, -0.25) is 9.89 Å². The second-order valence-electron chi connectivity index (χ2n) is 6.74. The van der Waals surface area contributed by atoms with E-state index in [9.17, 15) is 18.0 Å². The summed E-state index contributed by atoms with van der Waals surface area (Å²) in [5, 5.41) is 9.40. The van der Waals surface area contributed by atoms with Gasteiger partial charge in [-0.15, -0.1) is 0 Å². The minimum absolute atomic E-state index is 0.0675. The molecule has 3 aromatic heterocycles. The maximum atomic E-state index is 13.6. The Morgan fingerprint density at radius 1 is 1.19 bits per heavy atom. The van der Waals surface area contributed by atoms with E-state index >= 15 is 0 Å². The van der Waals surface area contributed by atoms with Crippen molar-refractivity contribution in [1.29, 1.82) is 0 Å². The first kappa shape index (κ1) is 21.4. The smallest absolute Gasteiger partial charge is 0.383 e. The zero-order chi connectivity index (χ0) is 23.2. The SMILES string of the molecule is CC(Nc1nc(N)nc(N)c1C(F)(F)F)c1nc2cccc(Cl)c2c(=O)n1-c1ccn[nH]1. The number of nitrogen functional groups attached to an aromatic ring is 2. The number of aromatic amines is 1. The third-order valence-electron chi connectivity index (χ3n) is 4.58. The van der Waals surface area contributed by atoms with E-state index in [0.717, 1.165) is 0 Å². The van der Waals surface area contributed by atoms with Crippen molar-refractivity contribution in [3.63, 3.8) is 0 Å². The summed E-state index contributed by atoms with van der Waals surface area (Å²) >= 11 is 6.20. The Hall–Kier alpha value is -3.87. The molecule has 0 bridgehead atoms. The first-order chi connectivity index (χ1) is 15.1. The highest BCUT2D eigenvalue weighted by molar-refractivity contribution is 6.35. The lowest BCUT2D eigenvalue weighted by Gasteiger charge is -2.21. The summed E-state index contributed by atoms with van der Waals surface area (Å²) < 4.78 is 41.9. The van der Waals surface area contributed by atoms with Gasteiger partial charge in [0.05, 0.1) is 28.2 Å². The van der Waals surface area contributed by atoms with Crippen molar-refractivity contribution < 1.29 is 13.2 Å². The van der Waals surface area contributed by atoms with Gasteiger partial charge in [0, 0.05) is 6.07 Å². The number of anilines is 3. The Balaban J connectivity index is 1.92. The van der Waals surface area contributed by atoms with Crippen molar-refractivity contribution >= 4 is 40.1 Å². The van der Waals surface area contributed by atoms with Gasteiger partial charge >= 0.3 is 6.18 Å². The lowest BCUT2D eigenvalue weighted by molar-refractivity contribution is -0.136. The van der Waals surface area contributed by atoms with Gasteiger partial charge in [-0.05, 0) is 19.1 Å². The lowest BCUT2D eigenvalue weighted by Crippen LogP contribution is -2.28. The average molecular weight is 466 g/mol. The van der Waals surface area contributed by atoms with Crippen molar-refractivity contribution in [2.75, 3.05) is 16.8 Å². The zero-order valence-corrected chi connectivity index (χ0v) is 17.0. The lowest BCUT2D eigenvalue weighted by atomic mass is 10.2. The van der Waals surface area contributed by atoms with Crippen LogP contribution >= 0.6 is 11.6 Å². The molecule has 6 N–H and O–H groups in total. The van der Waals surface area contributed by atoms with E-state index in [-0.39, 0.29) is 27.6 Å². The summed E-state index contributed by atoms with van der Waals surface area (Å²) in [5.74, 6) is -1.62. The molecule has 1 unspecified atom stereocenters. The molecule has 0 saturated carbocycles. The van der Waals surface area contributed by atoms with Crippen LogP contribution < -0.4 is 22.3 Å². The maximum absolute atomic E-state index is 13.6. The Labute approximate surface area is 182 Å². The quantitative estimate of drug-likeness (QED) is 0.359. The van der Waals surface area contributed by atoms with E-state index in [1.807, 2.05) is 0 Å². The molecule has 10 nitrogen and oxygen atoms in total. The van der Waals surface area contributed by atoms with Gasteiger partial charge in [0.1, 0.15) is 28.8 Å². The number of alkyl halides is 3. The number of H-pyrrole nitrogens is 1. The fourth-order valence-electron chi connectivity index (χ4n) is 3.25. The van der Waals surface area contributed by atoms with E-state index in [4.69, 9.17) is 23.1 Å². The van der Waals surface area contributed by atoms with Gasteiger partial charge in [0.15, 0.2) is 0 Å². The van der Waals surface area contributed by atoms with E-state index in [0.29, 0.717) is 0 Å². The number of rotatable bonds is 4. The monoisotopic (exact) mass is 465 g/mol. The third-order valence-corrected chi connectivity index (χ3v) is 4.89. The van der Waals surface area contributed by atoms with E-state index in [1.165, 1.54) is 29.8 Å². The summed E-state index contributed by atoms with van der Waals surface area (Å²) in [6.07, 6.45) is -3.44. The summed E-state index contributed by atoms with van der Waals surface area (Å²) in [4.78, 5) is 24.8. The first-order valence-corrected chi connectivity index (χ1v) is 9.43. The highest BCUT2D eigenvalue weighted by Gasteiger charge is 2.39. The van der Waals surface area contributed by atoms with Crippen LogP contribution in [-0.4, -0.2) is 29.7 Å². The molecule has 4 aromatic rings. The van der Waals surface area contributed by atoms with Crippen LogP contribution in [0, 0.1) is 0 Å². The Morgan fingerprint density at radius 2 is 1.94 bits per heavy atom. The number of nitrogens with one attached hydrogen (secondary N) is 2. The third kappa shape index (κ3) is 3.66. The number of nitrogens with two attached hydrogens (primary N) is 2. The average Bonchev–Trinajstić information content (AvgIpc) is 3.20. The molecule has 166 valence electrons. The molecule has 4 rings (SSSR count). The van der Waals surface area contributed by atoms with Gasteiger partial charge in [0.2, 0.25) is 5.95 Å². The molecular formula is C18H15ClF3N9O. The maximum Gasteiger partial charge on any atom is 0.423 e. The van der Waals surface area contributed by atoms with Crippen molar-refractivity contribution in [3.05, 3.63) is 57.2 Å². The van der Waals surface area contributed by atoms with Crippen LogP contribution in [0.3, 0.4) is 0 Å². The fraction of sp³-hybridized carbons (Fsp3) is 0.167. The molecule has 0 saturated heterocycles. The topological polar surface area (TPSA) is 153 Å². The molecular weight excluding hydrogens is 451 g/mol. The molecule has 14 heteroatoms. The van der Waals surface area contributed by atoms with Crippen LogP contribution in [0.25, 0.3) is 16.7 Å². The van der Waals surface area contributed by atoms with E-state index in [2.05, 4.69) is 30.5 Å². The highest BCUT2D eigenvalue weighted by Crippen LogP contribution is 2.38. The van der Waals surface area contributed by atoms with E-state index in [1.54, 1.807) is 12.1 Å². The minimum atomic E-state index is -4.85. The molecule has 0 spiro atoms. The number of halogens is 4. The molecule has 0 aliphatic heterocycles. The number of nitrogens with zero attached hydrogens (tertiary/aromatic N) is 5. The molecule has 1 atom stereocenters. The first-order valence-electron chi connectivity index (χ1n) is 9.05. The van der Waals surface area contributed by atoms with Crippen molar-refractivity contribution in [2.24, 2.45) is 0 Å². The number of hydrogen-bond acceptors (Lipinski definition) is 8. The molecule has 0 amide bonds. The highest BCUT2D eigenvalue weighted by atomic mass is 35.5. The predicted octanol–water partition coefficient (Wildman–Crippen LogP) is 2.91. The van der Waals surface area contributed by atoms with E-state index < -0.39 is 40.9 Å². The summed E-state index contributed by atoms with van der Waals surface area (Å²) in [6.45, 7) is 1.50. The van der Waals surface area contributed by atoms with Gasteiger partial charge in [0.25, 0.3) is 5.56 Å². The standard InChI is InChI=1S/C18H15ClF3N9O/c1-7(26-14-12(18(20,21)22)13(23)28-17(24)29-14)15-27-9-4-2-3-8(19)11(9)16(32)31(15)10-5-6-25-30-10/h2-7H,1H3,(H,25,30)(H5,23,24,26,28,29). The Morgan fingerprint density at radius 3 is 2.59 bits per heavy atom. The number of hydrogen-bond donors (Lipinski definition) is 4. The molecule has 1 aromatic carbocycles. The Kier molecular flexibility index (Phi) is 5.12. The van der Waals surface area contributed by atoms with Gasteiger partial charge in [-0.2, -0.15) is 28.2 Å². The van der Waals surface area contributed by atoms with Crippen LogP contribution in [0.15, 0.2) is 35.3 Å². The Bertz CT molecular complexity index is 1370.